The minimum Gasteiger partial charge on any atom is -0.207 e. The summed E-state index contributed by atoms with van der Waals surface area (Å²) in [6, 6.07) is 5.22. The van der Waals surface area contributed by atoms with Crippen LogP contribution >= 0.6 is 0 Å². The first-order chi connectivity index (χ1) is 22.3. The van der Waals surface area contributed by atoms with Crippen LogP contribution in [0.3, 0.4) is 0 Å². The van der Waals surface area contributed by atoms with Crippen molar-refractivity contribution in [2.75, 3.05) is 0 Å². The predicted molar refractivity (Wildman–Crippen MR) is 231 cm³/mol. The minimum atomic E-state index is -0.116. The van der Waals surface area contributed by atoms with Gasteiger partial charge in [-0.15, -0.1) is 0 Å². The molecule has 4 aliphatic carbocycles. The topological polar surface area (TPSA) is 0 Å². The van der Waals surface area contributed by atoms with Crippen molar-refractivity contribution in [1.82, 2.24) is 0 Å². The predicted octanol–water partition coefficient (Wildman–Crippen LogP) is 18.4. The lowest BCUT2D eigenvalue weighted by Crippen LogP contribution is -2.04. The Morgan fingerprint density at radius 2 is 0.816 bits per heavy atom. The van der Waals surface area contributed by atoms with Gasteiger partial charge in [-0.05, 0) is 66.0 Å². The average Bonchev–Trinajstić information content (AvgIpc) is 3.63. The fourth-order valence-corrected chi connectivity index (χ4v) is 3.91. The highest BCUT2D eigenvalue weighted by Gasteiger charge is 2.12. The molecule has 1 aromatic rings. The Kier molecular flexibility index (Phi) is 46.8. The number of halogens is 1. The molecule has 0 nitrogen and oxygen atoms in total. The number of aryl methyl sites for hydroxylation is 2. The molecule has 4 saturated carbocycles. The Balaban J connectivity index is -0.000000150. The van der Waals surface area contributed by atoms with E-state index >= 15 is 0 Å². The molecule has 0 aromatic heterocycles. The molecule has 4 fully saturated rings. The van der Waals surface area contributed by atoms with Crippen molar-refractivity contribution < 1.29 is 4.39 Å². The monoisotopic (exact) mass is 695 g/mol. The van der Waals surface area contributed by atoms with E-state index in [2.05, 4.69) is 104 Å². The maximum absolute atomic E-state index is 12.6. The van der Waals surface area contributed by atoms with Gasteiger partial charge in [0.1, 0.15) is 5.82 Å². The largest absolute Gasteiger partial charge is 0.207 e. The van der Waals surface area contributed by atoms with Gasteiger partial charge in [-0.1, -0.05) is 239 Å². The van der Waals surface area contributed by atoms with Crippen molar-refractivity contribution in [3.05, 3.63) is 35.1 Å². The molecule has 0 radical (unpaired) electrons. The first kappa shape index (κ1) is 57.5. The Hall–Kier alpha value is -0.850. The van der Waals surface area contributed by atoms with Gasteiger partial charge in [0.05, 0.1) is 0 Å². The Morgan fingerprint density at radius 3 is 0.939 bits per heavy atom. The molecular formula is C48H99F. The van der Waals surface area contributed by atoms with Gasteiger partial charge in [-0.25, -0.2) is 4.39 Å². The zero-order valence-corrected chi connectivity index (χ0v) is 36.7. The number of benzene rings is 1. The summed E-state index contributed by atoms with van der Waals surface area (Å²) in [5.74, 6) is 4.95. The quantitative estimate of drug-likeness (QED) is 0.289. The lowest BCUT2D eigenvalue weighted by Gasteiger charge is -2.18. The summed E-state index contributed by atoms with van der Waals surface area (Å²) in [5, 5.41) is 0. The third-order valence-corrected chi connectivity index (χ3v) is 8.12. The minimum absolute atomic E-state index is 0. The second-order valence-corrected chi connectivity index (χ2v) is 17.8. The Labute approximate surface area is 314 Å². The van der Waals surface area contributed by atoms with Crippen molar-refractivity contribution in [2.24, 2.45) is 35.0 Å². The normalized spacial score (nSPS) is 16.5. The first-order valence-electron chi connectivity index (χ1n) is 21.1. The molecule has 0 heterocycles. The van der Waals surface area contributed by atoms with E-state index in [1.54, 1.807) is 13.0 Å². The number of unbranched alkanes of at least 4 members (excludes halogenated alkanes) is 2. The van der Waals surface area contributed by atoms with Crippen LogP contribution in [0.15, 0.2) is 18.2 Å². The fraction of sp³-hybridized carbons (Fsp3) is 0.875. The van der Waals surface area contributed by atoms with Crippen molar-refractivity contribution >= 4 is 0 Å². The van der Waals surface area contributed by atoms with Crippen LogP contribution in [-0.2, 0) is 0 Å². The van der Waals surface area contributed by atoms with Gasteiger partial charge >= 0.3 is 0 Å². The van der Waals surface area contributed by atoms with Crippen LogP contribution < -0.4 is 0 Å². The maximum Gasteiger partial charge on any atom is 0.126 e. The standard InChI is InChI=1S/C8H9F.C7H14.C6H12.C5H10.C5H12.C4H8.3C4H10.CH4/c1-6-3-4-7(2)8(9)5-6;1-7-5-3-2-4-6-7;1-6-4-2-3-5-6;1-5-3-2-4-5;1-5(2,3)4;1-4-2-3-4;1-4(2)3;2*1-3-4-2;/h3-5H,1-2H3;7H,2-6H2,1H3;6H,2-5H2,1H3;5H,2-4H2,1H3;1-4H3;4H,2-3H2,1H3;4H,1-3H3;2*3-4H2,1-2H3;1H4. The van der Waals surface area contributed by atoms with Gasteiger partial charge in [0, 0.05) is 0 Å². The van der Waals surface area contributed by atoms with Gasteiger partial charge < -0.3 is 0 Å². The molecule has 4 aliphatic rings. The maximum atomic E-state index is 12.6. The van der Waals surface area contributed by atoms with E-state index in [-0.39, 0.29) is 13.2 Å². The highest BCUT2D eigenvalue weighted by atomic mass is 19.1. The molecular weight excluding hydrogens is 596 g/mol. The van der Waals surface area contributed by atoms with E-state index < -0.39 is 0 Å². The molecule has 0 saturated heterocycles. The zero-order valence-electron chi connectivity index (χ0n) is 36.7. The van der Waals surface area contributed by atoms with E-state index in [0.717, 1.165) is 35.2 Å². The van der Waals surface area contributed by atoms with Crippen LogP contribution in [-0.4, -0.2) is 0 Å². The molecule has 0 aliphatic heterocycles. The van der Waals surface area contributed by atoms with E-state index in [1.165, 1.54) is 122 Å². The van der Waals surface area contributed by atoms with Gasteiger partial charge in [0.2, 0.25) is 0 Å². The summed E-state index contributed by atoms with van der Waals surface area (Å²) in [5.41, 5.74) is 2.18. The summed E-state index contributed by atoms with van der Waals surface area (Å²) in [6.45, 7) is 36.9. The van der Waals surface area contributed by atoms with Gasteiger partial charge in [0.25, 0.3) is 0 Å². The molecule has 0 amide bonds. The van der Waals surface area contributed by atoms with E-state index in [0.29, 0.717) is 11.0 Å². The van der Waals surface area contributed by atoms with Crippen LogP contribution in [0, 0.1) is 54.7 Å². The lowest BCUT2D eigenvalue weighted by atomic mass is 9.88. The number of hydrogen-bond acceptors (Lipinski definition) is 0. The van der Waals surface area contributed by atoms with E-state index in [9.17, 15) is 4.39 Å². The molecule has 5 rings (SSSR count). The van der Waals surface area contributed by atoms with E-state index in [1.807, 2.05) is 13.0 Å². The van der Waals surface area contributed by atoms with Crippen molar-refractivity contribution in [2.45, 2.75) is 241 Å². The molecule has 0 atom stereocenters. The molecule has 1 heteroatoms. The molecule has 49 heavy (non-hydrogen) atoms. The summed E-state index contributed by atoms with van der Waals surface area (Å²) in [6.07, 6.45) is 26.1. The van der Waals surface area contributed by atoms with Crippen molar-refractivity contribution in [3.63, 3.8) is 0 Å². The second kappa shape index (κ2) is 39.9. The molecule has 0 spiro atoms. The Bertz CT molecular complexity index is 705. The molecule has 0 N–H and O–H groups in total. The number of rotatable bonds is 2. The highest BCUT2D eigenvalue weighted by Crippen LogP contribution is 2.27. The van der Waals surface area contributed by atoms with Crippen molar-refractivity contribution in [3.8, 4) is 0 Å². The zero-order chi connectivity index (χ0) is 38.0. The SMILES string of the molecule is C.CC(C)(C)C.CC(C)C.CC1CC1.CC1CCC1.CC1CCCC1.CC1CCCCC1.CCCC.CCCC.Cc1ccc(C)c(F)c1. The fourth-order valence-electron chi connectivity index (χ4n) is 3.91. The third-order valence-electron chi connectivity index (χ3n) is 8.12. The summed E-state index contributed by atoms with van der Waals surface area (Å²) in [7, 11) is 0. The van der Waals surface area contributed by atoms with Gasteiger partial charge in [-0.3, -0.25) is 0 Å². The summed E-state index contributed by atoms with van der Waals surface area (Å²) in [4.78, 5) is 0. The smallest absolute Gasteiger partial charge is 0.126 e. The van der Waals surface area contributed by atoms with Crippen LogP contribution in [0.4, 0.5) is 4.39 Å². The van der Waals surface area contributed by atoms with Crippen molar-refractivity contribution in [1.29, 1.82) is 0 Å². The van der Waals surface area contributed by atoms with Gasteiger partial charge in [-0.2, -0.15) is 0 Å². The van der Waals surface area contributed by atoms with Crippen LogP contribution in [0.1, 0.15) is 238 Å². The van der Waals surface area contributed by atoms with Gasteiger partial charge in [0.15, 0.2) is 0 Å². The van der Waals surface area contributed by atoms with E-state index in [4.69, 9.17) is 0 Å². The molecule has 0 unspecified atom stereocenters. The average molecular weight is 695 g/mol. The Morgan fingerprint density at radius 1 is 0.551 bits per heavy atom. The molecule has 1 aromatic carbocycles. The number of hydrogen-bond donors (Lipinski definition) is 0. The summed E-state index contributed by atoms with van der Waals surface area (Å²) < 4.78 is 12.6. The second-order valence-electron chi connectivity index (χ2n) is 17.8. The molecule has 298 valence electrons. The third kappa shape index (κ3) is 66.0. The highest BCUT2D eigenvalue weighted by molar-refractivity contribution is 5.21. The van der Waals surface area contributed by atoms with Crippen LogP contribution in [0.2, 0.25) is 0 Å². The van der Waals surface area contributed by atoms with Crippen LogP contribution in [0.25, 0.3) is 0 Å². The first-order valence-corrected chi connectivity index (χ1v) is 21.1. The van der Waals surface area contributed by atoms with Crippen LogP contribution in [0.5, 0.6) is 0 Å². The lowest BCUT2D eigenvalue weighted by molar-refractivity contribution is 0.346. The summed E-state index contributed by atoms with van der Waals surface area (Å²) >= 11 is 0. The molecule has 0 bridgehead atoms.